The van der Waals surface area contributed by atoms with Gasteiger partial charge < -0.3 is 10.3 Å². The fourth-order valence-electron chi connectivity index (χ4n) is 2.22. The number of imidazole rings is 1. The Morgan fingerprint density at radius 1 is 1.25 bits per heavy atom. The highest BCUT2D eigenvalue weighted by atomic mass is 32.1. The molecule has 2 N–H and O–H groups in total. The van der Waals surface area contributed by atoms with Gasteiger partial charge in [0.2, 0.25) is 0 Å². The SMILES string of the molecule is Cc1ccc(C(N)Cn2ccnc2-c2cccs2)cc1. The average Bonchev–Trinajstić information content (AvgIpc) is 3.09. The second-order valence-corrected chi connectivity index (χ2v) is 5.85. The molecule has 20 heavy (non-hydrogen) atoms. The van der Waals surface area contributed by atoms with Gasteiger partial charge in [-0.05, 0) is 23.9 Å². The van der Waals surface area contributed by atoms with Gasteiger partial charge in [0.25, 0.3) is 0 Å². The molecule has 0 aliphatic heterocycles. The molecule has 0 aliphatic carbocycles. The van der Waals surface area contributed by atoms with Gasteiger partial charge in [-0.2, -0.15) is 0 Å². The maximum absolute atomic E-state index is 6.31. The maximum atomic E-state index is 6.31. The van der Waals surface area contributed by atoms with Gasteiger partial charge in [-0.15, -0.1) is 11.3 Å². The third kappa shape index (κ3) is 2.66. The van der Waals surface area contributed by atoms with E-state index in [1.165, 1.54) is 10.4 Å². The van der Waals surface area contributed by atoms with E-state index >= 15 is 0 Å². The largest absolute Gasteiger partial charge is 0.328 e. The fourth-order valence-corrected chi connectivity index (χ4v) is 2.95. The van der Waals surface area contributed by atoms with Crippen LogP contribution in [0.2, 0.25) is 0 Å². The number of rotatable bonds is 4. The van der Waals surface area contributed by atoms with E-state index in [1.807, 2.05) is 18.5 Å². The molecule has 2 aromatic heterocycles. The van der Waals surface area contributed by atoms with Crippen molar-refractivity contribution in [2.75, 3.05) is 0 Å². The summed E-state index contributed by atoms with van der Waals surface area (Å²) in [5.41, 5.74) is 8.72. The fraction of sp³-hybridized carbons (Fsp3) is 0.188. The predicted molar refractivity (Wildman–Crippen MR) is 83.6 cm³/mol. The van der Waals surface area contributed by atoms with E-state index in [-0.39, 0.29) is 6.04 Å². The van der Waals surface area contributed by atoms with E-state index in [4.69, 9.17) is 5.73 Å². The van der Waals surface area contributed by atoms with Crippen LogP contribution >= 0.6 is 11.3 Å². The van der Waals surface area contributed by atoms with Gasteiger partial charge in [0.05, 0.1) is 4.88 Å². The number of nitrogens with two attached hydrogens (primary N) is 1. The topological polar surface area (TPSA) is 43.8 Å². The summed E-state index contributed by atoms with van der Waals surface area (Å²) in [5, 5.41) is 2.06. The standard InChI is InChI=1S/C16H17N3S/c1-12-4-6-13(7-5-12)14(17)11-19-9-8-18-16(19)15-3-2-10-20-15/h2-10,14H,11,17H2,1H3. The molecule has 1 unspecified atom stereocenters. The van der Waals surface area contributed by atoms with Crippen molar-refractivity contribution in [2.45, 2.75) is 19.5 Å². The van der Waals surface area contributed by atoms with Crippen molar-refractivity contribution < 1.29 is 0 Å². The monoisotopic (exact) mass is 283 g/mol. The van der Waals surface area contributed by atoms with Crippen LogP contribution < -0.4 is 5.73 Å². The van der Waals surface area contributed by atoms with E-state index in [9.17, 15) is 0 Å². The first-order valence-electron chi connectivity index (χ1n) is 6.61. The first kappa shape index (κ1) is 13.1. The lowest BCUT2D eigenvalue weighted by atomic mass is 10.1. The molecule has 0 spiro atoms. The zero-order chi connectivity index (χ0) is 13.9. The zero-order valence-electron chi connectivity index (χ0n) is 11.4. The molecule has 0 saturated heterocycles. The van der Waals surface area contributed by atoms with E-state index in [0.29, 0.717) is 0 Å². The van der Waals surface area contributed by atoms with Crippen molar-refractivity contribution in [3.8, 4) is 10.7 Å². The lowest BCUT2D eigenvalue weighted by Crippen LogP contribution is -2.17. The van der Waals surface area contributed by atoms with E-state index in [1.54, 1.807) is 11.3 Å². The molecule has 3 nitrogen and oxygen atoms in total. The van der Waals surface area contributed by atoms with Crippen LogP contribution in [0.15, 0.2) is 54.2 Å². The second kappa shape index (κ2) is 5.61. The number of hydrogen-bond donors (Lipinski definition) is 1. The first-order valence-corrected chi connectivity index (χ1v) is 7.49. The van der Waals surface area contributed by atoms with Gasteiger partial charge in [0, 0.05) is 25.0 Å². The summed E-state index contributed by atoms with van der Waals surface area (Å²) < 4.78 is 2.12. The Bertz CT molecular complexity index is 668. The molecular formula is C16H17N3S. The van der Waals surface area contributed by atoms with Gasteiger partial charge in [-0.3, -0.25) is 0 Å². The van der Waals surface area contributed by atoms with Crippen LogP contribution in [0.3, 0.4) is 0 Å². The number of nitrogens with zero attached hydrogens (tertiary/aromatic N) is 2. The number of hydrogen-bond acceptors (Lipinski definition) is 3. The Labute approximate surface area is 122 Å². The van der Waals surface area contributed by atoms with Crippen LogP contribution in [-0.4, -0.2) is 9.55 Å². The van der Waals surface area contributed by atoms with Crippen molar-refractivity contribution in [3.63, 3.8) is 0 Å². The Balaban J connectivity index is 1.81. The molecule has 3 rings (SSSR count). The molecule has 0 fully saturated rings. The molecule has 0 amide bonds. The van der Waals surface area contributed by atoms with Crippen molar-refractivity contribution in [1.29, 1.82) is 0 Å². The van der Waals surface area contributed by atoms with E-state index < -0.39 is 0 Å². The molecule has 2 heterocycles. The van der Waals surface area contributed by atoms with Gasteiger partial charge >= 0.3 is 0 Å². The summed E-state index contributed by atoms with van der Waals surface area (Å²) in [7, 11) is 0. The Kier molecular flexibility index (Phi) is 3.67. The smallest absolute Gasteiger partial charge is 0.150 e. The lowest BCUT2D eigenvalue weighted by molar-refractivity contribution is 0.581. The minimum atomic E-state index is -0.0245. The highest BCUT2D eigenvalue weighted by Gasteiger charge is 2.11. The summed E-state index contributed by atoms with van der Waals surface area (Å²) in [4.78, 5) is 5.61. The molecule has 1 aromatic carbocycles. The number of aryl methyl sites for hydroxylation is 1. The molecule has 1 atom stereocenters. The summed E-state index contributed by atoms with van der Waals surface area (Å²) >= 11 is 1.70. The zero-order valence-corrected chi connectivity index (χ0v) is 12.2. The minimum Gasteiger partial charge on any atom is -0.328 e. The highest BCUT2D eigenvalue weighted by Crippen LogP contribution is 2.24. The first-order chi connectivity index (χ1) is 9.74. The molecule has 3 aromatic rings. The number of aromatic nitrogens is 2. The Hall–Kier alpha value is -1.91. The third-order valence-corrected chi connectivity index (χ3v) is 4.22. The highest BCUT2D eigenvalue weighted by molar-refractivity contribution is 7.13. The molecular weight excluding hydrogens is 266 g/mol. The Morgan fingerprint density at radius 2 is 2.05 bits per heavy atom. The molecule has 0 saturated carbocycles. The molecule has 0 bridgehead atoms. The van der Waals surface area contributed by atoms with Crippen LogP contribution in [0.1, 0.15) is 17.2 Å². The lowest BCUT2D eigenvalue weighted by Gasteiger charge is -2.14. The van der Waals surface area contributed by atoms with E-state index in [2.05, 4.69) is 52.2 Å². The molecule has 102 valence electrons. The van der Waals surface area contributed by atoms with Crippen molar-refractivity contribution >= 4 is 11.3 Å². The summed E-state index contributed by atoms with van der Waals surface area (Å²) in [6.07, 6.45) is 3.82. The summed E-state index contributed by atoms with van der Waals surface area (Å²) in [6.45, 7) is 2.82. The van der Waals surface area contributed by atoms with Gasteiger partial charge in [-0.1, -0.05) is 35.9 Å². The van der Waals surface area contributed by atoms with Crippen molar-refractivity contribution in [1.82, 2.24) is 9.55 Å². The van der Waals surface area contributed by atoms with Crippen molar-refractivity contribution in [3.05, 3.63) is 65.3 Å². The Morgan fingerprint density at radius 3 is 2.75 bits per heavy atom. The second-order valence-electron chi connectivity index (χ2n) is 4.90. The van der Waals surface area contributed by atoms with Crippen LogP contribution in [0.25, 0.3) is 10.7 Å². The van der Waals surface area contributed by atoms with Crippen LogP contribution in [0.5, 0.6) is 0 Å². The van der Waals surface area contributed by atoms with Gasteiger partial charge in [-0.25, -0.2) is 4.98 Å². The number of benzene rings is 1. The van der Waals surface area contributed by atoms with Crippen LogP contribution in [0.4, 0.5) is 0 Å². The van der Waals surface area contributed by atoms with Gasteiger partial charge in [0.1, 0.15) is 5.82 Å². The van der Waals surface area contributed by atoms with Crippen LogP contribution in [-0.2, 0) is 6.54 Å². The molecule has 0 radical (unpaired) electrons. The molecule has 0 aliphatic rings. The quantitative estimate of drug-likeness (QED) is 0.794. The summed E-state index contributed by atoms with van der Waals surface area (Å²) in [6, 6.07) is 12.5. The normalized spacial score (nSPS) is 12.5. The predicted octanol–water partition coefficient (Wildman–Crippen LogP) is 3.62. The van der Waals surface area contributed by atoms with E-state index in [0.717, 1.165) is 17.9 Å². The third-order valence-electron chi connectivity index (χ3n) is 3.36. The minimum absolute atomic E-state index is 0.0245. The van der Waals surface area contributed by atoms with Crippen LogP contribution in [0, 0.1) is 6.92 Å². The maximum Gasteiger partial charge on any atom is 0.150 e. The number of thiophene rings is 1. The summed E-state index contributed by atoms with van der Waals surface area (Å²) in [5.74, 6) is 0.988. The molecule has 4 heteroatoms. The van der Waals surface area contributed by atoms with Gasteiger partial charge in [0.15, 0.2) is 0 Å². The average molecular weight is 283 g/mol. The van der Waals surface area contributed by atoms with Crippen molar-refractivity contribution in [2.24, 2.45) is 5.73 Å².